The molecule has 0 radical (unpaired) electrons. The van der Waals surface area contributed by atoms with E-state index in [0.29, 0.717) is 35.6 Å². The Balaban J connectivity index is 1.32. The van der Waals surface area contributed by atoms with E-state index in [1.807, 2.05) is 21.9 Å². The van der Waals surface area contributed by atoms with Gasteiger partial charge in [0.15, 0.2) is 0 Å². The highest BCUT2D eigenvalue weighted by molar-refractivity contribution is 6.42. The van der Waals surface area contributed by atoms with E-state index in [1.54, 1.807) is 0 Å². The topological polar surface area (TPSA) is 43.9 Å². The van der Waals surface area contributed by atoms with Gasteiger partial charge in [-0.05, 0) is 87.6 Å². The zero-order valence-corrected chi connectivity index (χ0v) is 22.0. The van der Waals surface area contributed by atoms with Crippen molar-refractivity contribution in [1.82, 2.24) is 9.80 Å². The number of carbonyl (C=O) groups is 2. The third-order valence-corrected chi connectivity index (χ3v) is 9.84. The van der Waals surface area contributed by atoms with Gasteiger partial charge in [-0.1, -0.05) is 37.0 Å². The van der Waals surface area contributed by atoms with Gasteiger partial charge in [0.05, 0.1) is 15.5 Å². The molecule has 1 aliphatic carbocycles. The van der Waals surface area contributed by atoms with Gasteiger partial charge >= 0.3 is 0 Å². The van der Waals surface area contributed by atoms with Crippen LogP contribution in [0, 0.1) is 11.8 Å². The van der Waals surface area contributed by atoms with Crippen LogP contribution in [0.2, 0.25) is 10.0 Å². The summed E-state index contributed by atoms with van der Waals surface area (Å²) >= 11 is 12.9. The summed E-state index contributed by atoms with van der Waals surface area (Å²) in [6, 6.07) is 4.44. The molecule has 3 aliphatic heterocycles. The van der Waals surface area contributed by atoms with Crippen LogP contribution in [0.25, 0.3) is 0 Å². The van der Waals surface area contributed by atoms with Crippen molar-refractivity contribution in [3.8, 4) is 0 Å². The Hall–Kier alpha value is -1.30. The number of fused-ring (bicyclic) bond motifs is 2. The Morgan fingerprint density at radius 3 is 2.26 bits per heavy atom. The number of benzene rings is 1. The van der Waals surface area contributed by atoms with Crippen LogP contribution in [0.3, 0.4) is 0 Å². The second-order valence-corrected chi connectivity index (χ2v) is 12.0. The fourth-order valence-electron chi connectivity index (χ4n) is 6.90. The highest BCUT2D eigenvalue weighted by atomic mass is 35.5. The van der Waals surface area contributed by atoms with Crippen LogP contribution < -0.4 is 4.90 Å². The quantitative estimate of drug-likeness (QED) is 0.529. The summed E-state index contributed by atoms with van der Waals surface area (Å²) in [4.78, 5) is 32.5. The number of halogens is 2. The number of carbonyl (C=O) groups excluding carboxylic acids is 2. The third-order valence-electron chi connectivity index (χ3n) is 9.12. The molecule has 34 heavy (non-hydrogen) atoms. The summed E-state index contributed by atoms with van der Waals surface area (Å²) in [6.07, 6.45) is 8.36. The van der Waals surface area contributed by atoms with Gasteiger partial charge < -0.3 is 14.7 Å². The molecule has 0 unspecified atom stereocenters. The van der Waals surface area contributed by atoms with Crippen molar-refractivity contribution in [2.45, 2.75) is 76.7 Å². The number of piperidine rings is 1. The minimum Gasteiger partial charge on any atom is -0.341 e. The molecule has 1 aromatic carbocycles. The maximum Gasteiger partial charge on any atom is 0.237 e. The van der Waals surface area contributed by atoms with Gasteiger partial charge in [-0.3, -0.25) is 9.59 Å². The Labute approximate surface area is 213 Å². The highest BCUT2D eigenvalue weighted by Crippen LogP contribution is 2.50. The monoisotopic (exact) mass is 505 g/mol. The predicted octanol–water partition coefficient (Wildman–Crippen LogP) is 5.51. The summed E-state index contributed by atoms with van der Waals surface area (Å²) in [5, 5.41) is 0.991. The number of hydrogen-bond acceptors (Lipinski definition) is 3. The van der Waals surface area contributed by atoms with Gasteiger partial charge in [0.1, 0.15) is 0 Å². The van der Waals surface area contributed by atoms with E-state index in [9.17, 15) is 9.59 Å². The van der Waals surface area contributed by atoms with Gasteiger partial charge in [0.2, 0.25) is 11.8 Å². The van der Waals surface area contributed by atoms with E-state index in [-0.39, 0.29) is 11.8 Å². The number of nitrogens with zero attached hydrogens (tertiary/aromatic N) is 3. The molecule has 4 aliphatic rings. The lowest BCUT2D eigenvalue weighted by Crippen LogP contribution is -2.52. The molecule has 0 N–H and O–H groups in total. The lowest BCUT2D eigenvalue weighted by molar-refractivity contribution is -0.128. The molecule has 186 valence electrons. The maximum atomic E-state index is 14.0. The third kappa shape index (κ3) is 4.26. The zero-order valence-electron chi connectivity index (χ0n) is 20.5. The number of rotatable bonds is 5. The van der Waals surface area contributed by atoms with E-state index >= 15 is 0 Å². The lowest BCUT2D eigenvalue weighted by Gasteiger charge is -2.44. The molecule has 3 heterocycles. The molecule has 0 bridgehead atoms. The van der Waals surface area contributed by atoms with Gasteiger partial charge in [0.25, 0.3) is 0 Å². The van der Waals surface area contributed by atoms with Crippen LogP contribution >= 0.6 is 23.2 Å². The lowest BCUT2D eigenvalue weighted by atomic mass is 9.72. The average Bonchev–Trinajstić information content (AvgIpc) is 3.33. The van der Waals surface area contributed by atoms with Crippen molar-refractivity contribution in [2.24, 2.45) is 11.8 Å². The number of likely N-dealkylation sites (tertiary alicyclic amines) is 2. The molecule has 2 amide bonds. The average molecular weight is 507 g/mol. The van der Waals surface area contributed by atoms with Gasteiger partial charge in [-0.25, -0.2) is 0 Å². The van der Waals surface area contributed by atoms with Crippen molar-refractivity contribution >= 4 is 40.7 Å². The highest BCUT2D eigenvalue weighted by Gasteiger charge is 2.52. The number of hydrogen-bond donors (Lipinski definition) is 0. The molecule has 5 nitrogen and oxygen atoms in total. The zero-order chi connectivity index (χ0) is 24.0. The van der Waals surface area contributed by atoms with E-state index < -0.39 is 5.41 Å². The molecule has 1 saturated carbocycles. The predicted molar refractivity (Wildman–Crippen MR) is 138 cm³/mol. The molecule has 1 spiro atoms. The second-order valence-electron chi connectivity index (χ2n) is 11.2. The Morgan fingerprint density at radius 2 is 1.65 bits per heavy atom. The first-order valence-corrected chi connectivity index (χ1v) is 13.9. The molecular formula is C27H37Cl2N3O2. The van der Waals surface area contributed by atoms with Crippen LogP contribution in [0.5, 0.6) is 0 Å². The molecule has 0 atom stereocenters. The van der Waals surface area contributed by atoms with Crippen LogP contribution in [0.4, 0.5) is 5.69 Å². The van der Waals surface area contributed by atoms with Crippen molar-refractivity contribution in [2.75, 3.05) is 37.6 Å². The Bertz CT molecular complexity index is 949. The fraction of sp³-hybridized carbons (Fsp3) is 0.704. The normalized spacial score (nSPS) is 27.3. The van der Waals surface area contributed by atoms with Crippen LogP contribution in [-0.4, -0.2) is 60.4 Å². The van der Waals surface area contributed by atoms with E-state index in [2.05, 4.69) is 18.7 Å². The first kappa shape index (κ1) is 24.4. The standard InChI is InChI=1S/C27H37Cl2N3O2/c1-18(2)19-5-7-20(8-6-19)30-12-9-27(10-13-30)21-16-22(28)23(29)17-24(21)32(26(27)34)15-14-31-11-3-4-25(31)33/h16-20H,3-15H2,1-2H3/t19-,20+. The number of amides is 2. The van der Waals surface area contributed by atoms with Gasteiger partial charge in [-0.2, -0.15) is 0 Å². The molecule has 3 fully saturated rings. The van der Waals surface area contributed by atoms with Gasteiger partial charge in [-0.15, -0.1) is 0 Å². The molecule has 7 heteroatoms. The summed E-state index contributed by atoms with van der Waals surface area (Å²) in [6.45, 7) is 8.46. The molecule has 0 aromatic heterocycles. The first-order chi connectivity index (χ1) is 16.3. The fourth-order valence-corrected chi connectivity index (χ4v) is 7.22. The van der Waals surface area contributed by atoms with Gasteiger partial charge in [0, 0.05) is 37.8 Å². The van der Waals surface area contributed by atoms with Crippen molar-refractivity contribution in [3.63, 3.8) is 0 Å². The molecule has 5 rings (SSSR count). The van der Waals surface area contributed by atoms with Crippen LogP contribution in [0.15, 0.2) is 12.1 Å². The van der Waals surface area contributed by atoms with E-state index in [1.165, 1.54) is 25.7 Å². The molecular weight excluding hydrogens is 469 g/mol. The molecule has 2 saturated heterocycles. The van der Waals surface area contributed by atoms with E-state index in [4.69, 9.17) is 23.2 Å². The second kappa shape index (κ2) is 9.63. The first-order valence-electron chi connectivity index (χ1n) is 13.1. The smallest absolute Gasteiger partial charge is 0.237 e. The largest absolute Gasteiger partial charge is 0.341 e. The maximum absolute atomic E-state index is 14.0. The molecule has 1 aromatic rings. The van der Waals surface area contributed by atoms with Crippen molar-refractivity contribution in [3.05, 3.63) is 27.7 Å². The summed E-state index contributed by atoms with van der Waals surface area (Å²) in [5.74, 6) is 1.99. The van der Waals surface area contributed by atoms with Crippen LogP contribution in [-0.2, 0) is 15.0 Å². The Kier molecular flexibility index (Phi) is 6.91. The summed E-state index contributed by atoms with van der Waals surface area (Å²) in [7, 11) is 0. The van der Waals surface area contributed by atoms with E-state index in [0.717, 1.165) is 62.0 Å². The minimum atomic E-state index is -0.524. The summed E-state index contributed by atoms with van der Waals surface area (Å²) < 4.78 is 0. The minimum absolute atomic E-state index is 0.163. The van der Waals surface area contributed by atoms with Crippen molar-refractivity contribution < 1.29 is 9.59 Å². The SMILES string of the molecule is CC(C)[C@H]1CC[C@@H](N2CCC3(CC2)C(=O)N(CCN2CCCC2=O)c2cc(Cl)c(Cl)cc23)CC1. The number of anilines is 1. The Morgan fingerprint density at radius 1 is 0.971 bits per heavy atom. The van der Waals surface area contributed by atoms with Crippen LogP contribution in [0.1, 0.15) is 70.8 Å². The summed E-state index contributed by atoms with van der Waals surface area (Å²) in [5.41, 5.74) is 1.39. The van der Waals surface area contributed by atoms with Crippen molar-refractivity contribution in [1.29, 1.82) is 0 Å².